The Morgan fingerprint density at radius 2 is 1.88 bits per heavy atom. The molecule has 138 valence electrons. The minimum atomic E-state index is -1.00. The van der Waals surface area contributed by atoms with Gasteiger partial charge in [-0.05, 0) is 44.7 Å². The van der Waals surface area contributed by atoms with Gasteiger partial charge in [-0.2, -0.15) is 0 Å². The molecule has 26 heavy (non-hydrogen) atoms. The van der Waals surface area contributed by atoms with Gasteiger partial charge in [0.05, 0.1) is 17.0 Å². The molecule has 2 heterocycles. The quantitative estimate of drug-likeness (QED) is 0.561. The summed E-state index contributed by atoms with van der Waals surface area (Å²) in [5.41, 5.74) is 1.91. The van der Waals surface area contributed by atoms with Crippen LogP contribution in [0.1, 0.15) is 68.5 Å². The molecule has 0 aliphatic heterocycles. The standard InChI is InChI=1S/C19H21NO5S/c1-10-17(12(3)21)11(2)20-18(10)19(24)13(4)25-16(23)8-7-14(22)15-6-5-9-26-15/h5-6,9,13,20H,7-8H2,1-4H3/t13-/m1/s1. The fourth-order valence-corrected chi connectivity index (χ4v) is 3.51. The van der Waals surface area contributed by atoms with E-state index in [2.05, 4.69) is 4.98 Å². The van der Waals surface area contributed by atoms with Crippen molar-refractivity contribution in [1.82, 2.24) is 4.98 Å². The molecule has 0 fully saturated rings. The molecule has 6 nitrogen and oxygen atoms in total. The van der Waals surface area contributed by atoms with Gasteiger partial charge in [0.15, 0.2) is 17.7 Å². The zero-order chi connectivity index (χ0) is 19.4. The minimum Gasteiger partial charge on any atom is -0.454 e. The number of rotatable bonds is 8. The predicted molar refractivity (Wildman–Crippen MR) is 98.0 cm³/mol. The lowest BCUT2D eigenvalue weighted by molar-refractivity contribution is -0.146. The van der Waals surface area contributed by atoms with Gasteiger partial charge in [0, 0.05) is 17.7 Å². The van der Waals surface area contributed by atoms with E-state index >= 15 is 0 Å². The van der Waals surface area contributed by atoms with Gasteiger partial charge in [0.1, 0.15) is 0 Å². The second-order valence-electron chi connectivity index (χ2n) is 6.08. The van der Waals surface area contributed by atoms with Crippen molar-refractivity contribution in [2.24, 2.45) is 0 Å². The summed E-state index contributed by atoms with van der Waals surface area (Å²) in [5.74, 6) is -1.27. The van der Waals surface area contributed by atoms with Crippen molar-refractivity contribution >= 4 is 34.7 Å². The van der Waals surface area contributed by atoms with Gasteiger partial charge in [-0.25, -0.2) is 0 Å². The van der Waals surface area contributed by atoms with Crippen LogP contribution in [0.2, 0.25) is 0 Å². The number of aromatic nitrogens is 1. The summed E-state index contributed by atoms with van der Waals surface area (Å²) in [6.45, 7) is 6.31. The number of carbonyl (C=O) groups excluding carboxylic acids is 4. The maximum absolute atomic E-state index is 12.5. The molecule has 0 saturated heterocycles. The number of carbonyl (C=O) groups is 4. The molecule has 0 aromatic carbocycles. The first-order chi connectivity index (χ1) is 12.2. The Hall–Kier alpha value is -2.54. The molecule has 2 aromatic rings. The Morgan fingerprint density at radius 3 is 2.42 bits per heavy atom. The summed E-state index contributed by atoms with van der Waals surface area (Å²) < 4.78 is 5.16. The van der Waals surface area contributed by atoms with E-state index in [0.717, 1.165) is 0 Å². The summed E-state index contributed by atoms with van der Waals surface area (Å²) in [5, 5.41) is 1.79. The summed E-state index contributed by atoms with van der Waals surface area (Å²) in [6.07, 6.45) is -1.05. The normalized spacial score (nSPS) is 11.8. The van der Waals surface area contributed by atoms with E-state index in [1.165, 1.54) is 25.2 Å². The van der Waals surface area contributed by atoms with Crippen LogP contribution in [0.15, 0.2) is 17.5 Å². The number of ether oxygens (including phenoxy) is 1. The molecular weight excluding hydrogens is 354 g/mol. The molecule has 0 bridgehead atoms. The number of aromatic amines is 1. The third-order valence-corrected chi connectivity index (χ3v) is 4.98. The number of thiophene rings is 1. The summed E-state index contributed by atoms with van der Waals surface area (Å²) in [4.78, 5) is 51.5. The van der Waals surface area contributed by atoms with E-state index in [1.807, 2.05) is 0 Å². The highest BCUT2D eigenvalue weighted by molar-refractivity contribution is 7.12. The third kappa shape index (κ3) is 4.35. The van der Waals surface area contributed by atoms with Crippen LogP contribution in [0.5, 0.6) is 0 Å². The van der Waals surface area contributed by atoms with Crippen LogP contribution in [-0.4, -0.2) is 34.4 Å². The SMILES string of the molecule is CC(=O)c1c(C)[nH]c(C(=O)[C@@H](C)OC(=O)CCC(=O)c2cccs2)c1C. The second kappa shape index (κ2) is 8.23. The van der Waals surface area contributed by atoms with Crippen LogP contribution in [0.3, 0.4) is 0 Å². The first-order valence-electron chi connectivity index (χ1n) is 8.22. The van der Waals surface area contributed by atoms with Crippen molar-refractivity contribution < 1.29 is 23.9 Å². The van der Waals surface area contributed by atoms with Gasteiger partial charge in [-0.3, -0.25) is 19.2 Å². The van der Waals surface area contributed by atoms with E-state index in [1.54, 1.807) is 31.4 Å². The van der Waals surface area contributed by atoms with Gasteiger partial charge in [-0.15, -0.1) is 11.3 Å². The zero-order valence-electron chi connectivity index (χ0n) is 15.2. The number of ketones is 3. The van der Waals surface area contributed by atoms with E-state index in [4.69, 9.17) is 4.74 Å². The number of H-pyrrole nitrogens is 1. The molecular formula is C19H21NO5S. The molecule has 0 spiro atoms. The summed E-state index contributed by atoms with van der Waals surface area (Å²) >= 11 is 1.32. The van der Waals surface area contributed by atoms with Crippen molar-refractivity contribution in [3.63, 3.8) is 0 Å². The smallest absolute Gasteiger partial charge is 0.306 e. The minimum absolute atomic E-state index is 0.0371. The monoisotopic (exact) mass is 375 g/mol. The maximum atomic E-state index is 12.5. The molecule has 0 unspecified atom stereocenters. The van der Waals surface area contributed by atoms with Crippen LogP contribution >= 0.6 is 11.3 Å². The van der Waals surface area contributed by atoms with Gasteiger partial charge < -0.3 is 9.72 Å². The lowest BCUT2D eigenvalue weighted by Crippen LogP contribution is -2.25. The first-order valence-corrected chi connectivity index (χ1v) is 9.10. The van der Waals surface area contributed by atoms with Crippen molar-refractivity contribution in [2.75, 3.05) is 0 Å². The van der Waals surface area contributed by atoms with Crippen molar-refractivity contribution in [1.29, 1.82) is 0 Å². The Kier molecular flexibility index (Phi) is 6.26. The molecule has 0 aliphatic rings. The first kappa shape index (κ1) is 19.8. The summed E-state index contributed by atoms with van der Waals surface area (Å²) in [6, 6.07) is 3.47. The molecule has 2 aromatic heterocycles. The molecule has 1 N–H and O–H groups in total. The van der Waals surface area contributed by atoms with E-state index in [9.17, 15) is 19.2 Å². The predicted octanol–water partition coefficient (Wildman–Crippen LogP) is 3.67. The molecule has 0 aliphatic carbocycles. The lowest BCUT2D eigenvalue weighted by atomic mass is 10.0. The van der Waals surface area contributed by atoms with Gasteiger partial charge in [0.25, 0.3) is 0 Å². The topological polar surface area (TPSA) is 93.3 Å². The van der Waals surface area contributed by atoms with E-state index in [0.29, 0.717) is 21.7 Å². The highest BCUT2D eigenvalue weighted by atomic mass is 32.1. The Bertz CT molecular complexity index is 848. The van der Waals surface area contributed by atoms with E-state index in [-0.39, 0.29) is 30.1 Å². The molecule has 1 atom stereocenters. The number of esters is 1. The van der Waals surface area contributed by atoms with Crippen LogP contribution < -0.4 is 0 Å². The van der Waals surface area contributed by atoms with Crippen LogP contribution in [0.4, 0.5) is 0 Å². The number of aryl methyl sites for hydroxylation is 1. The number of nitrogens with one attached hydrogen (secondary N) is 1. The molecule has 0 saturated carbocycles. The fraction of sp³-hybridized carbons (Fsp3) is 0.368. The van der Waals surface area contributed by atoms with E-state index < -0.39 is 17.9 Å². The molecule has 0 radical (unpaired) electrons. The van der Waals surface area contributed by atoms with Gasteiger partial charge in [-0.1, -0.05) is 6.07 Å². The van der Waals surface area contributed by atoms with Gasteiger partial charge in [0.2, 0.25) is 5.78 Å². The Labute approximate surface area is 155 Å². The summed E-state index contributed by atoms with van der Waals surface area (Å²) in [7, 11) is 0. The average molecular weight is 375 g/mol. The van der Waals surface area contributed by atoms with Crippen LogP contribution in [-0.2, 0) is 9.53 Å². The highest BCUT2D eigenvalue weighted by Crippen LogP contribution is 2.20. The maximum Gasteiger partial charge on any atom is 0.306 e. The second-order valence-corrected chi connectivity index (χ2v) is 7.03. The molecule has 7 heteroatoms. The van der Waals surface area contributed by atoms with Crippen LogP contribution in [0.25, 0.3) is 0 Å². The number of hydrogen-bond donors (Lipinski definition) is 1. The number of hydrogen-bond acceptors (Lipinski definition) is 6. The van der Waals surface area contributed by atoms with Gasteiger partial charge >= 0.3 is 5.97 Å². The third-order valence-electron chi connectivity index (χ3n) is 4.07. The Morgan fingerprint density at radius 1 is 1.19 bits per heavy atom. The lowest BCUT2D eigenvalue weighted by Gasteiger charge is -2.12. The Balaban J connectivity index is 1.96. The zero-order valence-corrected chi connectivity index (χ0v) is 16.0. The van der Waals surface area contributed by atoms with Crippen molar-refractivity contribution in [2.45, 2.75) is 46.6 Å². The fourth-order valence-electron chi connectivity index (χ4n) is 2.81. The average Bonchev–Trinajstić information content (AvgIpc) is 3.20. The highest BCUT2D eigenvalue weighted by Gasteiger charge is 2.26. The largest absolute Gasteiger partial charge is 0.454 e. The number of Topliss-reactive ketones (excluding diaryl/α,β-unsaturated/α-hetero) is 3. The molecule has 2 rings (SSSR count). The van der Waals surface area contributed by atoms with Crippen molar-refractivity contribution in [3.8, 4) is 0 Å². The molecule has 0 amide bonds. The van der Waals surface area contributed by atoms with Crippen LogP contribution in [0, 0.1) is 13.8 Å². The van der Waals surface area contributed by atoms with Crippen molar-refractivity contribution in [3.05, 3.63) is 44.9 Å².